The van der Waals surface area contributed by atoms with Crippen LogP contribution in [0.25, 0.3) is 0 Å². The van der Waals surface area contributed by atoms with Gasteiger partial charge in [0.2, 0.25) is 0 Å². The van der Waals surface area contributed by atoms with Crippen molar-refractivity contribution in [3.8, 4) is 12.3 Å². The number of methoxy groups -OCH3 is 1. The molecule has 3 heteroatoms. The molecule has 0 aliphatic carbocycles. The lowest BCUT2D eigenvalue weighted by Crippen LogP contribution is -2.39. The highest BCUT2D eigenvalue weighted by Crippen LogP contribution is 2.16. The van der Waals surface area contributed by atoms with Crippen molar-refractivity contribution in [2.24, 2.45) is 5.92 Å². The van der Waals surface area contributed by atoms with Crippen LogP contribution in [0.3, 0.4) is 0 Å². The van der Waals surface area contributed by atoms with Crippen molar-refractivity contribution >= 4 is 5.97 Å². The first-order valence-electron chi connectivity index (χ1n) is 4.51. The van der Waals surface area contributed by atoms with Gasteiger partial charge >= 0.3 is 5.97 Å². The van der Waals surface area contributed by atoms with E-state index in [-0.39, 0.29) is 11.9 Å². The summed E-state index contributed by atoms with van der Waals surface area (Å²) in [4.78, 5) is 13.3. The van der Waals surface area contributed by atoms with Crippen molar-refractivity contribution in [1.29, 1.82) is 0 Å². The Morgan fingerprint density at radius 2 is 2.54 bits per heavy atom. The Bertz CT molecular complexity index is 219. The van der Waals surface area contributed by atoms with Gasteiger partial charge < -0.3 is 4.74 Å². The fourth-order valence-electron chi connectivity index (χ4n) is 1.69. The molecule has 72 valence electrons. The SMILES string of the molecule is C#CCN1CCC[C@@H](C(=O)OC)C1. The van der Waals surface area contributed by atoms with E-state index in [9.17, 15) is 4.79 Å². The van der Waals surface area contributed by atoms with E-state index >= 15 is 0 Å². The molecule has 0 aromatic rings. The lowest BCUT2D eigenvalue weighted by Gasteiger charge is -2.29. The smallest absolute Gasteiger partial charge is 0.309 e. The first-order chi connectivity index (χ1) is 6.27. The minimum absolute atomic E-state index is 0.0205. The number of nitrogens with zero attached hydrogens (tertiary/aromatic N) is 1. The highest BCUT2D eigenvalue weighted by atomic mass is 16.5. The van der Waals surface area contributed by atoms with Gasteiger partial charge in [0.1, 0.15) is 0 Å². The van der Waals surface area contributed by atoms with Gasteiger partial charge in [0.15, 0.2) is 0 Å². The van der Waals surface area contributed by atoms with Gasteiger partial charge in [-0.25, -0.2) is 0 Å². The molecule has 0 aromatic carbocycles. The van der Waals surface area contributed by atoms with E-state index in [0.717, 1.165) is 25.9 Å². The van der Waals surface area contributed by atoms with Gasteiger partial charge in [-0.05, 0) is 19.4 Å². The number of hydrogen-bond donors (Lipinski definition) is 0. The summed E-state index contributed by atoms with van der Waals surface area (Å²) >= 11 is 0. The topological polar surface area (TPSA) is 29.5 Å². The van der Waals surface area contributed by atoms with E-state index in [1.54, 1.807) is 0 Å². The maximum absolute atomic E-state index is 11.2. The minimum atomic E-state index is -0.110. The first kappa shape index (κ1) is 10.1. The van der Waals surface area contributed by atoms with E-state index in [0.29, 0.717) is 6.54 Å². The summed E-state index contributed by atoms with van der Waals surface area (Å²) in [6, 6.07) is 0. The molecule has 3 nitrogen and oxygen atoms in total. The fourth-order valence-corrected chi connectivity index (χ4v) is 1.69. The van der Waals surface area contributed by atoms with E-state index in [4.69, 9.17) is 11.2 Å². The normalized spacial score (nSPS) is 23.5. The predicted molar refractivity (Wildman–Crippen MR) is 50.0 cm³/mol. The molecular weight excluding hydrogens is 166 g/mol. The standard InChI is InChI=1S/C10H15NO2/c1-3-6-11-7-4-5-9(8-11)10(12)13-2/h1,9H,4-8H2,2H3/t9-/m1/s1. The quantitative estimate of drug-likeness (QED) is 0.459. The second-order valence-electron chi connectivity index (χ2n) is 3.30. The third-order valence-electron chi connectivity index (χ3n) is 2.35. The van der Waals surface area contributed by atoms with Crippen molar-refractivity contribution in [3.63, 3.8) is 0 Å². The molecule has 0 unspecified atom stereocenters. The monoisotopic (exact) mass is 181 g/mol. The molecule has 0 radical (unpaired) electrons. The molecule has 1 atom stereocenters. The van der Waals surface area contributed by atoms with E-state index < -0.39 is 0 Å². The maximum atomic E-state index is 11.2. The number of likely N-dealkylation sites (tertiary alicyclic amines) is 1. The Labute approximate surface area is 79.1 Å². The molecule has 0 bridgehead atoms. The number of ether oxygens (including phenoxy) is 1. The molecule has 0 saturated carbocycles. The number of hydrogen-bond acceptors (Lipinski definition) is 3. The van der Waals surface area contributed by atoms with Crippen molar-refractivity contribution in [1.82, 2.24) is 4.90 Å². The molecule has 13 heavy (non-hydrogen) atoms. The zero-order valence-corrected chi connectivity index (χ0v) is 7.95. The number of terminal acetylenes is 1. The highest BCUT2D eigenvalue weighted by Gasteiger charge is 2.25. The molecule has 1 fully saturated rings. The second-order valence-corrected chi connectivity index (χ2v) is 3.30. The Kier molecular flexibility index (Phi) is 3.78. The third kappa shape index (κ3) is 2.74. The Balaban J connectivity index is 2.42. The van der Waals surface area contributed by atoms with Crippen LogP contribution in [0.2, 0.25) is 0 Å². The van der Waals surface area contributed by atoms with Crippen LogP contribution in [0.5, 0.6) is 0 Å². The summed E-state index contributed by atoms with van der Waals surface area (Å²) in [6.45, 7) is 2.38. The van der Waals surface area contributed by atoms with Crippen molar-refractivity contribution in [3.05, 3.63) is 0 Å². The van der Waals surface area contributed by atoms with Crippen molar-refractivity contribution < 1.29 is 9.53 Å². The maximum Gasteiger partial charge on any atom is 0.309 e. The number of rotatable bonds is 2. The largest absolute Gasteiger partial charge is 0.469 e. The first-order valence-corrected chi connectivity index (χ1v) is 4.51. The Hall–Kier alpha value is -1.01. The van der Waals surface area contributed by atoms with Crippen LogP contribution in [-0.4, -0.2) is 37.6 Å². The van der Waals surface area contributed by atoms with Gasteiger partial charge in [0.25, 0.3) is 0 Å². The highest BCUT2D eigenvalue weighted by molar-refractivity contribution is 5.72. The molecule has 0 N–H and O–H groups in total. The molecule has 1 aliphatic rings. The van der Waals surface area contributed by atoms with Crippen molar-refractivity contribution in [2.45, 2.75) is 12.8 Å². The summed E-state index contributed by atoms with van der Waals surface area (Å²) in [5.74, 6) is 2.50. The lowest BCUT2D eigenvalue weighted by molar-refractivity contribution is -0.147. The van der Waals surface area contributed by atoms with Gasteiger partial charge in [0, 0.05) is 6.54 Å². The lowest BCUT2D eigenvalue weighted by atomic mass is 9.98. The third-order valence-corrected chi connectivity index (χ3v) is 2.35. The van der Waals surface area contributed by atoms with Gasteiger partial charge in [-0.2, -0.15) is 0 Å². The second kappa shape index (κ2) is 4.88. The molecule has 1 saturated heterocycles. The molecule has 1 heterocycles. The average Bonchev–Trinajstić information content (AvgIpc) is 2.18. The number of esters is 1. The molecule has 1 aliphatic heterocycles. The Morgan fingerprint density at radius 1 is 1.77 bits per heavy atom. The number of carbonyl (C=O) groups excluding carboxylic acids is 1. The van der Waals surface area contributed by atoms with Crippen LogP contribution >= 0.6 is 0 Å². The van der Waals surface area contributed by atoms with Crippen molar-refractivity contribution in [2.75, 3.05) is 26.7 Å². The summed E-state index contributed by atoms with van der Waals surface area (Å²) in [5.41, 5.74) is 0. The molecule has 0 aromatic heterocycles. The van der Waals surface area contributed by atoms with Gasteiger partial charge in [0.05, 0.1) is 19.6 Å². The Morgan fingerprint density at radius 3 is 3.15 bits per heavy atom. The average molecular weight is 181 g/mol. The van der Waals surface area contributed by atoms with E-state index in [1.807, 2.05) is 0 Å². The van der Waals surface area contributed by atoms with E-state index in [1.165, 1.54) is 7.11 Å². The van der Waals surface area contributed by atoms with E-state index in [2.05, 4.69) is 10.8 Å². The molecule has 1 rings (SSSR count). The zero-order chi connectivity index (χ0) is 9.68. The predicted octanol–water partition coefficient (Wildman–Crippen LogP) is 0.505. The zero-order valence-electron chi connectivity index (χ0n) is 7.95. The molecule has 0 amide bonds. The summed E-state index contributed by atoms with van der Waals surface area (Å²) < 4.78 is 4.70. The molecular formula is C10H15NO2. The van der Waals surface area contributed by atoms with Crippen LogP contribution in [0.1, 0.15) is 12.8 Å². The summed E-state index contributed by atoms with van der Waals surface area (Å²) in [6.07, 6.45) is 7.16. The summed E-state index contributed by atoms with van der Waals surface area (Å²) in [7, 11) is 1.43. The van der Waals surface area contributed by atoms with Gasteiger partial charge in [-0.15, -0.1) is 6.42 Å². The fraction of sp³-hybridized carbons (Fsp3) is 0.700. The van der Waals surface area contributed by atoms with Gasteiger partial charge in [-0.1, -0.05) is 5.92 Å². The van der Waals surface area contributed by atoms with Crippen LogP contribution in [0, 0.1) is 18.3 Å². The van der Waals surface area contributed by atoms with Crippen LogP contribution in [0.4, 0.5) is 0 Å². The summed E-state index contributed by atoms with van der Waals surface area (Å²) in [5, 5.41) is 0. The minimum Gasteiger partial charge on any atom is -0.469 e. The molecule has 0 spiro atoms. The van der Waals surface area contributed by atoms with Crippen LogP contribution in [0.15, 0.2) is 0 Å². The van der Waals surface area contributed by atoms with Crippen LogP contribution < -0.4 is 0 Å². The number of carbonyl (C=O) groups is 1. The number of piperidine rings is 1. The van der Waals surface area contributed by atoms with Gasteiger partial charge in [-0.3, -0.25) is 9.69 Å². The van der Waals surface area contributed by atoms with Crippen LogP contribution in [-0.2, 0) is 9.53 Å².